The van der Waals surface area contributed by atoms with E-state index in [1.165, 1.54) is 50.6 Å². The number of hydrogen-bond acceptors (Lipinski definition) is 7. The van der Waals surface area contributed by atoms with Gasteiger partial charge in [-0.1, -0.05) is 11.6 Å². The van der Waals surface area contributed by atoms with Gasteiger partial charge in [-0.2, -0.15) is 0 Å². The van der Waals surface area contributed by atoms with Crippen LogP contribution in [0.1, 0.15) is 0 Å². The van der Waals surface area contributed by atoms with Gasteiger partial charge in [0.1, 0.15) is 0 Å². The van der Waals surface area contributed by atoms with Crippen molar-refractivity contribution >= 4 is 71.0 Å². The third kappa shape index (κ3) is 5.03. The number of rotatable bonds is 8. The van der Waals surface area contributed by atoms with E-state index >= 15 is 0 Å². The molecule has 0 fully saturated rings. The van der Waals surface area contributed by atoms with Crippen LogP contribution in [0.3, 0.4) is 0 Å². The number of hydrogen-bond donors (Lipinski definition) is 2. The SMILES string of the molecule is C=S(=O)(Nc1ccc(Cl)cc1NS(=O)(=O)c1ccc2c(c1)c(=O)sn2C)c1ccc(OC)c(OC)c1. The van der Waals surface area contributed by atoms with Gasteiger partial charge in [-0.15, -0.1) is 0 Å². The molecular weight excluding hydrogens is 546 g/mol. The van der Waals surface area contributed by atoms with Crippen LogP contribution in [0.25, 0.3) is 10.9 Å². The molecule has 0 saturated carbocycles. The normalized spacial score (nSPS) is 13.2. The molecule has 4 rings (SSSR count). The highest BCUT2D eigenvalue weighted by molar-refractivity contribution is 8.01. The lowest BCUT2D eigenvalue weighted by molar-refractivity contribution is 0.354. The molecule has 0 aliphatic heterocycles. The first-order valence-electron chi connectivity index (χ1n) is 10.2. The molecule has 0 bridgehead atoms. The van der Waals surface area contributed by atoms with Crippen LogP contribution in [0, 0.1) is 0 Å². The molecule has 36 heavy (non-hydrogen) atoms. The summed E-state index contributed by atoms with van der Waals surface area (Å²) in [6, 6.07) is 13.4. The van der Waals surface area contributed by atoms with Crippen LogP contribution >= 0.6 is 23.1 Å². The molecule has 1 unspecified atom stereocenters. The molecule has 0 aliphatic rings. The van der Waals surface area contributed by atoms with Gasteiger partial charge in [-0.25, -0.2) is 12.6 Å². The van der Waals surface area contributed by atoms with E-state index in [4.69, 9.17) is 21.1 Å². The van der Waals surface area contributed by atoms with Crippen molar-refractivity contribution in [2.24, 2.45) is 7.05 Å². The Hall–Kier alpha value is -3.19. The van der Waals surface area contributed by atoms with E-state index in [1.807, 2.05) is 0 Å². The highest BCUT2D eigenvalue weighted by Crippen LogP contribution is 2.33. The smallest absolute Gasteiger partial charge is 0.261 e. The fourth-order valence-electron chi connectivity index (χ4n) is 3.49. The first-order chi connectivity index (χ1) is 16.9. The van der Waals surface area contributed by atoms with Crippen molar-refractivity contribution in [2.45, 2.75) is 9.79 Å². The third-order valence-corrected chi connectivity index (χ3v) is 9.31. The average Bonchev–Trinajstić information content (AvgIpc) is 3.12. The van der Waals surface area contributed by atoms with Crippen molar-refractivity contribution in [3.8, 4) is 11.5 Å². The van der Waals surface area contributed by atoms with Gasteiger partial charge in [0, 0.05) is 18.1 Å². The molecule has 1 aromatic heterocycles. The molecule has 1 atom stereocenters. The summed E-state index contributed by atoms with van der Waals surface area (Å²) in [4.78, 5) is 12.4. The molecule has 2 N–H and O–H groups in total. The fraction of sp³-hybridized carbons (Fsp3) is 0.130. The number of halogens is 1. The van der Waals surface area contributed by atoms with Crippen molar-refractivity contribution in [1.29, 1.82) is 0 Å². The summed E-state index contributed by atoms with van der Waals surface area (Å²) in [5.41, 5.74) is 0.865. The number of anilines is 2. The fourth-order valence-corrected chi connectivity index (χ4v) is 6.77. The molecule has 1 heterocycles. The van der Waals surface area contributed by atoms with Crippen LogP contribution in [0.5, 0.6) is 11.5 Å². The average molecular weight is 568 g/mol. The lowest BCUT2D eigenvalue weighted by Crippen LogP contribution is -2.17. The van der Waals surface area contributed by atoms with Crippen LogP contribution in [0.4, 0.5) is 11.4 Å². The van der Waals surface area contributed by atoms with Gasteiger partial charge in [0.15, 0.2) is 11.5 Å². The van der Waals surface area contributed by atoms with Crippen molar-refractivity contribution in [3.63, 3.8) is 0 Å². The maximum atomic E-state index is 13.5. The molecule has 4 aromatic rings. The van der Waals surface area contributed by atoms with Gasteiger partial charge >= 0.3 is 0 Å². The molecule has 13 heteroatoms. The molecule has 0 saturated heterocycles. The van der Waals surface area contributed by atoms with Gasteiger partial charge in [0.05, 0.1) is 56.0 Å². The predicted octanol–water partition coefficient (Wildman–Crippen LogP) is 4.17. The lowest BCUT2D eigenvalue weighted by atomic mass is 10.2. The topological polar surface area (TPSA) is 116 Å². The molecule has 0 aliphatic carbocycles. The van der Waals surface area contributed by atoms with Gasteiger partial charge in [0.25, 0.3) is 14.8 Å². The summed E-state index contributed by atoms with van der Waals surface area (Å²) in [7, 11) is -2.64. The van der Waals surface area contributed by atoms with Crippen molar-refractivity contribution in [1.82, 2.24) is 3.96 Å². The summed E-state index contributed by atoms with van der Waals surface area (Å²) >= 11 is 7.11. The van der Waals surface area contributed by atoms with E-state index in [9.17, 15) is 17.4 Å². The predicted molar refractivity (Wildman–Crippen MR) is 146 cm³/mol. The Kier molecular flexibility index (Phi) is 6.97. The third-order valence-electron chi connectivity index (χ3n) is 5.29. The minimum absolute atomic E-state index is 0.0534. The van der Waals surface area contributed by atoms with Gasteiger partial charge in [-0.05, 0) is 65.9 Å². The Bertz CT molecular complexity index is 1740. The summed E-state index contributed by atoms with van der Waals surface area (Å²) in [6.07, 6.45) is 0. The van der Waals surface area contributed by atoms with Gasteiger partial charge in [0.2, 0.25) is 0 Å². The lowest BCUT2D eigenvalue weighted by Gasteiger charge is -2.18. The molecule has 190 valence electrons. The van der Waals surface area contributed by atoms with Crippen LogP contribution < -0.4 is 23.7 Å². The first-order valence-corrected chi connectivity index (χ1v) is 14.6. The second kappa shape index (κ2) is 9.69. The Labute approximate surface area is 217 Å². The summed E-state index contributed by atoms with van der Waals surface area (Å²) < 4.78 is 57.1. The number of sulfonamides is 1. The van der Waals surface area contributed by atoms with Crippen molar-refractivity contribution in [2.75, 3.05) is 23.7 Å². The number of methoxy groups -OCH3 is 2. The number of ether oxygens (including phenoxy) is 2. The van der Waals surface area contributed by atoms with Crippen LogP contribution in [-0.2, 0) is 26.8 Å². The minimum atomic E-state index is -4.13. The Balaban J connectivity index is 1.70. The zero-order valence-electron chi connectivity index (χ0n) is 19.4. The Morgan fingerprint density at radius 1 is 0.889 bits per heavy atom. The van der Waals surface area contributed by atoms with E-state index in [0.29, 0.717) is 27.3 Å². The Morgan fingerprint density at radius 3 is 2.28 bits per heavy atom. The minimum Gasteiger partial charge on any atom is -0.493 e. The molecule has 0 spiro atoms. The van der Waals surface area contributed by atoms with Crippen molar-refractivity contribution < 1.29 is 22.1 Å². The summed E-state index contributed by atoms with van der Waals surface area (Å²) in [5.74, 6) is 4.62. The van der Waals surface area contributed by atoms with E-state index in [0.717, 1.165) is 11.5 Å². The molecule has 9 nitrogen and oxygen atoms in total. The number of aryl methyl sites for hydroxylation is 1. The van der Waals surface area contributed by atoms with Gasteiger partial charge < -0.3 is 14.2 Å². The van der Waals surface area contributed by atoms with Gasteiger partial charge in [-0.3, -0.25) is 13.5 Å². The van der Waals surface area contributed by atoms with Crippen LogP contribution in [0.15, 0.2) is 69.2 Å². The largest absolute Gasteiger partial charge is 0.493 e. The number of benzene rings is 3. The zero-order chi connectivity index (χ0) is 26.3. The maximum Gasteiger partial charge on any atom is 0.261 e. The molecular formula is C23H22ClN3O6S3. The van der Waals surface area contributed by atoms with E-state index < -0.39 is 19.7 Å². The molecule has 0 radical (unpaired) electrons. The molecule has 3 aromatic carbocycles. The summed E-state index contributed by atoms with van der Waals surface area (Å²) in [6.45, 7) is 0. The van der Waals surface area contributed by atoms with Crippen LogP contribution in [0.2, 0.25) is 5.02 Å². The highest BCUT2D eigenvalue weighted by Gasteiger charge is 2.20. The summed E-state index contributed by atoms with van der Waals surface area (Å²) in [5, 5.41) is 0.547. The zero-order valence-corrected chi connectivity index (χ0v) is 22.6. The van der Waals surface area contributed by atoms with Crippen molar-refractivity contribution in [3.05, 3.63) is 69.2 Å². The van der Waals surface area contributed by atoms with Crippen LogP contribution in [-0.4, -0.2) is 36.7 Å². The van der Waals surface area contributed by atoms with E-state index in [-0.39, 0.29) is 26.0 Å². The van der Waals surface area contributed by atoms with E-state index in [2.05, 4.69) is 15.3 Å². The number of aromatic nitrogens is 1. The Morgan fingerprint density at radius 2 is 1.58 bits per heavy atom. The number of fused-ring (bicyclic) bond motifs is 1. The second-order valence-electron chi connectivity index (χ2n) is 7.64. The maximum absolute atomic E-state index is 13.5. The standard InChI is InChI=1S/C23H22ClN3O6S3/c1-27-20-9-6-16(12-17(20)23(28)34-27)36(30,31)26-19-11-14(24)5-8-18(19)25-35(4,29)15-7-10-21(32-2)22(13-15)33-3/h5-13,26H,4H2,1-3H3,(H,25,29). The first kappa shape index (κ1) is 25.9. The molecule has 0 amide bonds. The number of nitrogens with zero attached hydrogens (tertiary/aromatic N) is 1. The van der Waals surface area contributed by atoms with E-state index in [1.54, 1.807) is 29.2 Å². The second-order valence-corrected chi connectivity index (χ2v) is 12.9. The monoisotopic (exact) mass is 567 g/mol. The highest BCUT2D eigenvalue weighted by atomic mass is 35.5. The quantitative estimate of drug-likeness (QED) is 0.309. The number of nitrogens with one attached hydrogen (secondary N) is 2.